The number of aromatic nitrogens is 2. The van der Waals surface area contributed by atoms with Gasteiger partial charge >= 0.3 is 0 Å². The maximum Gasteiger partial charge on any atom is 0.229 e. The highest BCUT2D eigenvalue weighted by Crippen LogP contribution is 2.28. The quantitative estimate of drug-likeness (QED) is 0.870. The summed E-state index contributed by atoms with van der Waals surface area (Å²) in [6.07, 6.45) is 1.74. The average molecular weight is 240 g/mol. The molecule has 0 saturated carbocycles. The van der Waals surface area contributed by atoms with Crippen LogP contribution in [0.3, 0.4) is 0 Å². The maximum absolute atomic E-state index is 10.4. The lowest BCUT2D eigenvalue weighted by molar-refractivity contribution is -0.0987. The van der Waals surface area contributed by atoms with Crippen molar-refractivity contribution in [3.8, 4) is 0 Å². The van der Waals surface area contributed by atoms with Gasteiger partial charge in [-0.05, 0) is 6.92 Å². The fraction of sp³-hybridized carbons (Fsp3) is 0.833. The van der Waals surface area contributed by atoms with Crippen LogP contribution in [0.15, 0.2) is 4.52 Å². The van der Waals surface area contributed by atoms with E-state index in [1.807, 2.05) is 20.8 Å². The normalized spacial score (nSPS) is 29.8. The second kappa shape index (κ2) is 4.74. The van der Waals surface area contributed by atoms with Crippen LogP contribution in [0.2, 0.25) is 0 Å². The predicted molar refractivity (Wildman–Crippen MR) is 61.7 cm³/mol. The van der Waals surface area contributed by atoms with E-state index in [9.17, 15) is 5.11 Å². The fourth-order valence-electron chi connectivity index (χ4n) is 2.16. The molecule has 1 fully saturated rings. The first kappa shape index (κ1) is 12.5. The Morgan fingerprint density at radius 2 is 2.29 bits per heavy atom. The van der Waals surface area contributed by atoms with E-state index >= 15 is 0 Å². The molecule has 2 rings (SSSR count). The van der Waals surface area contributed by atoms with Crippen molar-refractivity contribution in [2.75, 3.05) is 6.61 Å². The molecule has 0 bridgehead atoms. The molecule has 1 aromatic heterocycles. The first-order valence-corrected chi connectivity index (χ1v) is 6.15. The van der Waals surface area contributed by atoms with Crippen molar-refractivity contribution in [3.63, 3.8) is 0 Å². The lowest BCUT2D eigenvalue weighted by atomic mass is 9.88. The Kier molecular flexibility index (Phi) is 3.49. The SMILES string of the molecule is CC(C)c1noc(C[C@@]2(O)CCO[C@H](C)C2)n1. The van der Waals surface area contributed by atoms with Crippen molar-refractivity contribution >= 4 is 0 Å². The Bertz CT molecular complexity index is 378. The Balaban J connectivity index is 2.03. The second-order valence-electron chi connectivity index (χ2n) is 5.24. The number of rotatable bonds is 3. The van der Waals surface area contributed by atoms with E-state index < -0.39 is 5.60 Å². The van der Waals surface area contributed by atoms with Gasteiger partial charge in [0.05, 0.1) is 18.1 Å². The third-order valence-corrected chi connectivity index (χ3v) is 3.12. The summed E-state index contributed by atoms with van der Waals surface area (Å²) in [6.45, 7) is 6.58. The molecule has 1 aromatic rings. The lowest BCUT2D eigenvalue weighted by Crippen LogP contribution is -2.41. The molecule has 0 amide bonds. The van der Waals surface area contributed by atoms with Gasteiger partial charge in [0.25, 0.3) is 0 Å². The van der Waals surface area contributed by atoms with Crippen LogP contribution >= 0.6 is 0 Å². The highest BCUT2D eigenvalue weighted by Gasteiger charge is 2.35. The first-order valence-electron chi connectivity index (χ1n) is 6.15. The zero-order chi connectivity index (χ0) is 12.5. The van der Waals surface area contributed by atoms with Gasteiger partial charge in [0.2, 0.25) is 5.89 Å². The van der Waals surface area contributed by atoms with Gasteiger partial charge < -0.3 is 14.4 Å². The number of hydrogen-bond acceptors (Lipinski definition) is 5. The maximum atomic E-state index is 10.4. The van der Waals surface area contributed by atoms with Gasteiger partial charge in [-0.15, -0.1) is 0 Å². The monoisotopic (exact) mass is 240 g/mol. The standard InChI is InChI=1S/C12H20N2O3/c1-8(2)11-13-10(17-14-11)7-12(15)4-5-16-9(3)6-12/h8-9,15H,4-7H2,1-3H3/t9-,12-/m1/s1. The van der Waals surface area contributed by atoms with E-state index in [1.165, 1.54) is 0 Å². The average Bonchev–Trinajstić information content (AvgIpc) is 2.64. The van der Waals surface area contributed by atoms with Crippen LogP contribution in [0.25, 0.3) is 0 Å². The highest BCUT2D eigenvalue weighted by atomic mass is 16.5. The second-order valence-corrected chi connectivity index (χ2v) is 5.24. The van der Waals surface area contributed by atoms with Crippen molar-refractivity contribution in [1.29, 1.82) is 0 Å². The minimum Gasteiger partial charge on any atom is -0.389 e. The Morgan fingerprint density at radius 1 is 1.53 bits per heavy atom. The number of hydrogen-bond donors (Lipinski definition) is 1. The number of aliphatic hydroxyl groups is 1. The molecule has 0 aliphatic carbocycles. The minimum atomic E-state index is -0.765. The zero-order valence-electron chi connectivity index (χ0n) is 10.6. The molecule has 0 radical (unpaired) electrons. The molecule has 0 unspecified atom stereocenters. The van der Waals surface area contributed by atoms with Crippen LogP contribution in [0.4, 0.5) is 0 Å². The van der Waals surface area contributed by atoms with E-state index in [4.69, 9.17) is 9.26 Å². The summed E-state index contributed by atoms with van der Waals surface area (Å²) >= 11 is 0. The summed E-state index contributed by atoms with van der Waals surface area (Å²) < 4.78 is 10.6. The van der Waals surface area contributed by atoms with Crippen molar-refractivity contribution in [2.45, 2.75) is 57.7 Å². The van der Waals surface area contributed by atoms with E-state index in [-0.39, 0.29) is 12.0 Å². The Morgan fingerprint density at radius 3 is 2.88 bits per heavy atom. The molecule has 0 aromatic carbocycles. The topological polar surface area (TPSA) is 68.4 Å². The highest BCUT2D eigenvalue weighted by molar-refractivity contribution is 4.97. The third kappa shape index (κ3) is 3.04. The molecule has 0 spiro atoms. The van der Waals surface area contributed by atoms with Crippen LogP contribution in [0.1, 0.15) is 51.2 Å². The van der Waals surface area contributed by atoms with E-state index in [0.29, 0.717) is 37.6 Å². The molecule has 5 nitrogen and oxygen atoms in total. The van der Waals surface area contributed by atoms with Gasteiger partial charge in [0, 0.05) is 25.4 Å². The summed E-state index contributed by atoms with van der Waals surface area (Å²) in [6, 6.07) is 0. The summed E-state index contributed by atoms with van der Waals surface area (Å²) in [5.74, 6) is 1.46. The predicted octanol–water partition coefficient (Wildman–Crippen LogP) is 1.67. The first-order chi connectivity index (χ1) is 7.98. The smallest absolute Gasteiger partial charge is 0.229 e. The van der Waals surface area contributed by atoms with Crippen molar-refractivity contribution in [2.24, 2.45) is 0 Å². The van der Waals surface area contributed by atoms with E-state index in [0.717, 1.165) is 0 Å². The van der Waals surface area contributed by atoms with Crippen molar-refractivity contribution < 1.29 is 14.4 Å². The van der Waals surface area contributed by atoms with Crippen molar-refractivity contribution in [1.82, 2.24) is 10.1 Å². The summed E-state index contributed by atoms with van der Waals surface area (Å²) in [5.41, 5.74) is -0.765. The van der Waals surface area contributed by atoms with Crippen LogP contribution in [0, 0.1) is 0 Å². The molecule has 1 aliphatic heterocycles. The minimum absolute atomic E-state index is 0.0845. The Hall–Kier alpha value is -0.940. The van der Waals surface area contributed by atoms with Crippen LogP contribution in [-0.2, 0) is 11.2 Å². The number of nitrogens with zero attached hydrogens (tertiary/aromatic N) is 2. The van der Waals surface area contributed by atoms with Gasteiger partial charge in [0.1, 0.15) is 0 Å². The summed E-state index contributed by atoms with van der Waals surface area (Å²) in [5, 5.41) is 14.3. The van der Waals surface area contributed by atoms with Gasteiger partial charge in [-0.2, -0.15) is 4.98 Å². The molecular formula is C12H20N2O3. The molecule has 17 heavy (non-hydrogen) atoms. The molecule has 96 valence electrons. The molecular weight excluding hydrogens is 220 g/mol. The fourth-order valence-corrected chi connectivity index (χ4v) is 2.16. The van der Waals surface area contributed by atoms with E-state index in [2.05, 4.69) is 10.1 Å². The molecule has 1 N–H and O–H groups in total. The van der Waals surface area contributed by atoms with Crippen molar-refractivity contribution in [3.05, 3.63) is 11.7 Å². The summed E-state index contributed by atoms with van der Waals surface area (Å²) in [7, 11) is 0. The van der Waals surface area contributed by atoms with Crippen LogP contribution in [-0.4, -0.2) is 33.6 Å². The van der Waals surface area contributed by atoms with Crippen LogP contribution in [0.5, 0.6) is 0 Å². The zero-order valence-corrected chi connectivity index (χ0v) is 10.6. The number of ether oxygens (including phenoxy) is 1. The molecule has 1 saturated heterocycles. The molecule has 2 heterocycles. The molecule has 1 aliphatic rings. The Labute approximate surface area is 101 Å². The third-order valence-electron chi connectivity index (χ3n) is 3.12. The largest absolute Gasteiger partial charge is 0.389 e. The van der Waals surface area contributed by atoms with Gasteiger partial charge in [-0.1, -0.05) is 19.0 Å². The summed E-state index contributed by atoms with van der Waals surface area (Å²) in [4.78, 5) is 4.30. The van der Waals surface area contributed by atoms with Gasteiger partial charge in [0.15, 0.2) is 5.82 Å². The van der Waals surface area contributed by atoms with Gasteiger partial charge in [-0.3, -0.25) is 0 Å². The van der Waals surface area contributed by atoms with E-state index in [1.54, 1.807) is 0 Å². The van der Waals surface area contributed by atoms with Crippen LogP contribution < -0.4 is 0 Å². The van der Waals surface area contributed by atoms with Gasteiger partial charge in [-0.25, -0.2) is 0 Å². The molecule has 2 atom stereocenters. The molecule has 5 heteroatoms. The lowest BCUT2D eigenvalue weighted by Gasteiger charge is -2.34.